The van der Waals surface area contributed by atoms with Crippen molar-refractivity contribution in [2.24, 2.45) is 5.92 Å². The Morgan fingerprint density at radius 3 is 2.00 bits per heavy atom. The first-order chi connectivity index (χ1) is 15.0. The zero-order valence-corrected chi connectivity index (χ0v) is 17.8. The maximum atomic E-state index is 13.4. The quantitative estimate of drug-likeness (QED) is 0.568. The number of nitrogens with one attached hydrogen (secondary N) is 1. The van der Waals surface area contributed by atoms with Crippen molar-refractivity contribution in [2.75, 3.05) is 0 Å². The lowest BCUT2D eigenvalue weighted by atomic mass is 10.0. The molecule has 2 amide bonds. The summed E-state index contributed by atoms with van der Waals surface area (Å²) >= 11 is 0. The molecule has 0 radical (unpaired) electrons. The summed E-state index contributed by atoms with van der Waals surface area (Å²) in [5.74, 6) is -1.04. The van der Waals surface area contributed by atoms with Crippen molar-refractivity contribution >= 4 is 11.8 Å². The summed E-state index contributed by atoms with van der Waals surface area (Å²) in [6, 6.07) is 24.1. The van der Waals surface area contributed by atoms with E-state index in [4.69, 9.17) is 0 Å². The molecule has 5 heteroatoms. The van der Waals surface area contributed by atoms with E-state index < -0.39 is 6.04 Å². The zero-order valence-electron chi connectivity index (χ0n) is 17.8. The molecule has 0 saturated heterocycles. The van der Waals surface area contributed by atoms with Gasteiger partial charge in [-0.15, -0.1) is 0 Å². The van der Waals surface area contributed by atoms with Crippen LogP contribution in [0.25, 0.3) is 0 Å². The SMILES string of the molecule is CC(C)C(=O)N(Cc1ccc(F)cc1)[C@@H](C(=O)NCc1ccccc1)c1ccccc1. The van der Waals surface area contributed by atoms with Crippen LogP contribution in [0.1, 0.15) is 36.6 Å². The van der Waals surface area contributed by atoms with Gasteiger partial charge in [0, 0.05) is 19.0 Å². The molecule has 0 saturated carbocycles. The zero-order chi connectivity index (χ0) is 22.2. The van der Waals surface area contributed by atoms with Gasteiger partial charge in [-0.3, -0.25) is 9.59 Å². The Morgan fingerprint density at radius 1 is 0.839 bits per heavy atom. The van der Waals surface area contributed by atoms with Gasteiger partial charge >= 0.3 is 0 Å². The number of hydrogen-bond donors (Lipinski definition) is 1. The van der Waals surface area contributed by atoms with Crippen molar-refractivity contribution < 1.29 is 14.0 Å². The molecule has 3 aromatic rings. The molecule has 1 N–H and O–H groups in total. The number of benzene rings is 3. The molecular formula is C26H27FN2O2. The van der Waals surface area contributed by atoms with Crippen molar-refractivity contribution in [2.45, 2.75) is 33.0 Å². The Morgan fingerprint density at radius 2 is 1.42 bits per heavy atom. The van der Waals surface area contributed by atoms with E-state index in [0.717, 1.165) is 16.7 Å². The number of carbonyl (C=O) groups is 2. The number of nitrogens with zero attached hydrogens (tertiary/aromatic N) is 1. The van der Waals surface area contributed by atoms with E-state index in [0.29, 0.717) is 6.54 Å². The number of amides is 2. The highest BCUT2D eigenvalue weighted by Crippen LogP contribution is 2.26. The lowest BCUT2D eigenvalue weighted by Crippen LogP contribution is -2.44. The molecule has 0 aliphatic heterocycles. The van der Waals surface area contributed by atoms with E-state index in [1.807, 2.05) is 74.5 Å². The summed E-state index contributed by atoms with van der Waals surface area (Å²) in [6.45, 7) is 4.19. The molecular weight excluding hydrogens is 391 g/mol. The van der Waals surface area contributed by atoms with Crippen molar-refractivity contribution in [3.63, 3.8) is 0 Å². The summed E-state index contributed by atoms with van der Waals surface area (Å²) < 4.78 is 13.4. The van der Waals surface area contributed by atoms with Gasteiger partial charge in [0.2, 0.25) is 11.8 Å². The second-order valence-corrected chi connectivity index (χ2v) is 7.76. The average Bonchev–Trinajstić information content (AvgIpc) is 2.79. The molecule has 0 fully saturated rings. The summed E-state index contributed by atoms with van der Waals surface area (Å²) in [5, 5.41) is 2.97. The monoisotopic (exact) mass is 418 g/mol. The topological polar surface area (TPSA) is 49.4 Å². The van der Waals surface area contributed by atoms with Crippen molar-refractivity contribution in [1.82, 2.24) is 10.2 Å². The third-order valence-electron chi connectivity index (χ3n) is 5.03. The number of hydrogen-bond acceptors (Lipinski definition) is 2. The van der Waals surface area contributed by atoms with Crippen LogP contribution in [-0.4, -0.2) is 16.7 Å². The Kier molecular flexibility index (Phi) is 7.55. The number of carbonyl (C=O) groups excluding carboxylic acids is 2. The van der Waals surface area contributed by atoms with Gasteiger partial charge in [0.25, 0.3) is 0 Å². The molecule has 0 heterocycles. The first kappa shape index (κ1) is 22.2. The Hall–Kier alpha value is -3.47. The molecule has 31 heavy (non-hydrogen) atoms. The Balaban J connectivity index is 1.93. The normalized spacial score (nSPS) is 11.7. The smallest absolute Gasteiger partial charge is 0.247 e. The predicted molar refractivity (Wildman–Crippen MR) is 119 cm³/mol. The van der Waals surface area contributed by atoms with Crippen molar-refractivity contribution in [3.8, 4) is 0 Å². The fourth-order valence-corrected chi connectivity index (χ4v) is 3.40. The van der Waals surface area contributed by atoms with Gasteiger partial charge in [-0.25, -0.2) is 4.39 Å². The molecule has 3 rings (SSSR count). The minimum Gasteiger partial charge on any atom is -0.350 e. The van der Waals surface area contributed by atoms with E-state index in [9.17, 15) is 14.0 Å². The van der Waals surface area contributed by atoms with Crippen LogP contribution in [0.3, 0.4) is 0 Å². The summed E-state index contributed by atoms with van der Waals surface area (Å²) in [5.41, 5.74) is 2.46. The molecule has 0 bridgehead atoms. The minimum atomic E-state index is -0.801. The van der Waals surface area contributed by atoms with Crippen LogP contribution in [0.5, 0.6) is 0 Å². The van der Waals surface area contributed by atoms with Crippen molar-refractivity contribution in [3.05, 3.63) is 107 Å². The third kappa shape index (κ3) is 6.01. The fraction of sp³-hybridized carbons (Fsp3) is 0.231. The average molecular weight is 419 g/mol. The van der Waals surface area contributed by atoms with Gasteiger partial charge < -0.3 is 10.2 Å². The second-order valence-electron chi connectivity index (χ2n) is 7.76. The maximum absolute atomic E-state index is 13.4. The number of halogens is 1. The van der Waals surface area contributed by atoms with Crippen LogP contribution in [0.4, 0.5) is 4.39 Å². The maximum Gasteiger partial charge on any atom is 0.247 e. The van der Waals surface area contributed by atoms with Crippen molar-refractivity contribution in [1.29, 1.82) is 0 Å². The summed E-state index contributed by atoms with van der Waals surface area (Å²) in [6.07, 6.45) is 0. The van der Waals surface area contributed by atoms with Crippen LogP contribution in [0.2, 0.25) is 0 Å². The summed E-state index contributed by atoms with van der Waals surface area (Å²) in [7, 11) is 0. The molecule has 3 aromatic carbocycles. The van der Waals surface area contributed by atoms with Crippen LogP contribution < -0.4 is 5.32 Å². The predicted octanol–water partition coefficient (Wildman–Crippen LogP) is 4.87. The number of rotatable bonds is 8. The molecule has 4 nitrogen and oxygen atoms in total. The highest BCUT2D eigenvalue weighted by atomic mass is 19.1. The van der Waals surface area contributed by atoms with E-state index in [1.165, 1.54) is 12.1 Å². The van der Waals surface area contributed by atoms with Gasteiger partial charge in [-0.2, -0.15) is 0 Å². The highest BCUT2D eigenvalue weighted by Gasteiger charge is 2.32. The summed E-state index contributed by atoms with van der Waals surface area (Å²) in [4.78, 5) is 28.1. The standard InChI is InChI=1S/C26H27FN2O2/c1-19(2)26(31)29(18-21-13-15-23(27)16-14-21)24(22-11-7-4-8-12-22)25(30)28-17-20-9-5-3-6-10-20/h3-16,19,24H,17-18H2,1-2H3,(H,28,30)/t24-/m1/s1. The molecule has 1 atom stereocenters. The molecule has 0 aliphatic carbocycles. The largest absolute Gasteiger partial charge is 0.350 e. The van der Waals surface area contributed by atoms with E-state index in [2.05, 4.69) is 5.32 Å². The van der Waals surface area contributed by atoms with Gasteiger partial charge in [0.05, 0.1) is 0 Å². The molecule has 160 valence electrons. The second kappa shape index (κ2) is 10.5. The molecule has 0 spiro atoms. The molecule has 0 unspecified atom stereocenters. The van der Waals surface area contributed by atoms with Gasteiger partial charge in [0.1, 0.15) is 11.9 Å². The van der Waals surface area contributed by atoms with Crippen LogP contribution in [0.15, 0.2) is 84.9 Å². The Labute approximate surface area is 182 Å². The Bertz CT molecular complexity index is 989. The first-order valence-electron chi connectivity index (χ1n) is 10.4. The van der Waals surface area contributed by atoms with Gasteiger partial charge in [0.15, 0.2) is 0 Å². The fourth-order valence-electron chi connectivity index (χ4n) is 3.40. The van der Waals surface area contributed by atoms with Gasteiger partial charge in [-0.1, -0.05) is 86.6 Å². The van der Waals surface area contributed by atoms with E-state index >= 15 is 0 Å². The van der Waals surface area contributed by atoms with E-state index in [-0.39, 0.29) is 30.1 Å². The highest BCUT2D eigenvalue weighted by molar-refractivity contribution is 5.89. The first-order valence-corrected chi connectivity index (χ1v) is 10.4. The molecule has 0 aromatic heterocycles. The van der Waals surface area contributed by atoms with Crippen LogP contribution in [0, 0.1) is 11.7 Å². The minimum absolute atomic E-state index is 0.145. The molecule has 0 aliphatic rings. The van der Waals surface area contributed by atoms with Gasteiger partial charge in [-0.05, 0) is 28.8 Å². The third-order valence-corrected chi connectivity index (χ3v) is 5.03. The van der Waals surface area contributed by atoms with E-state index in [1.54, 1.807) is 17.0 Å². The lowest BCUT2D eigenvalue weighted by Gasteiger charge is -2.33. The van der Waals surface area contributed by atoms with Crippen LogP contribution in [-0.2, 0) is 22.7 Å². The lowest BCUT2D eigenvalue weighted by molar-refractivity contribution is -0.144. The van der Waals surface area contributed by atoms with Crippen LogP contribution >= 0.6 is 0 Å².